The molecule has 154 valence electrons. The molecule has 0 saturated heterocycles. The minimum atomic E-state index is -0.859. The Labute approximate surface area is 173 Å². The van der Waals surface area contributed by atoms with E-state index in [2.05, 4.69) is 5.32 Å². The Morgan fingerprint density at radius 2 is 1.97 bits per heavy atom. The van der Waals surface area contributed by atoms with Crippen LogP contribution in [0.3, 0.4) is 0 Å². The number of aromatic nitrogens is 1. The molecule has 1 unspecified atom stereocenters. The molecule has 2 heterocycles. The lowest BCUT2D eigenvalue weighted by Crippen LogP contribution is -2.34. The van der Waals surface area contributed by atoms with E-state index in [4.69, 9.17) is 9.47 Å². The lowest BCUT2D eigenvalue weighted by molar-refractivity contribution is -0.137. The Morgan fingerprint density at radius 1 is 1.13 bits per heavy atom. The molecule has 2 N–H and O–H groups in total. The maximum Gasteiger partial charge on any atom is 0.323 e. The van der Waals surface area contributed by atoms with Gasteiger partial charge >= 0.3 is 5.97 Å². The monoisotopic (exact) mass is 406 g/mol. The van der Waals surface area contributed by atoms with Gasteiger partial charge in [-0.25, -0.2) is 0 Å². The van der Waals surface area contributed by atoms with Crippen LogP contribution >= 0.6 is 0 Å². The van der Waals surface area contributed by atoms with Gasteiger partial charge in [0.05, 0.1) is 0 Å². The predicted molar refractivity (Wildman–Crippen MR) is 110 cm³/mol. The van der Waals surface area contributed by atoms with E-state index in [1.54, 1.807) is 0 Å². The number of carbonyl (C=O) groups excluding carboxylic acids is 1. The molecule has 0 spiro atoms. The number of aliphatic carboxylic acids is 1. The number of hydrogen-bond donors (Lipinski definition) is 2. The average Bonchev–Trinajstić information content (AvgIpc) is 3.34. The van der Waals surface area contributed by atoms with Gasteiger partial charge in [-0.3, -0.25) is 9.59 Å². The largest absolute Gasteiger partial charge is 0.480 e. The maximum absolute atomic E-state index is 12.9. The highest BCUT2D eigenvalue weighted by molar-refractivity contribution is 5.88. The van der Waals surface area contributed by atoms with Crippen LogP contribution in [-0.2, 0) is 35.5 Å². The highest BCUT2D eigenvalue weighted by Crippen LogP contribution is 2.35. The molecular weight excluding hydrogens is 384 g/mol. The van der Waals surface area contributed by atoms with Crippen molar-refractivity contribution in [3.05, 3.63) is 59.3 Å². The number of fused-ring (bicyclic) bond motifs is 4. The molecule has 1 atom stereocenters. The number of carbonyl (C=O) groups is 2. The van der Waals surface area contributed by atoms with Gasteiger partial charge in [0.2, 0.25) is 12.7 Å². The summed E-state index contributed by atoms with van der Waals surface area (Å²) in [5.74, 6) is 0.462. The molecule has 1 aliphatic heterocycles. The molecule has 1 amide bonds. The molecular formula is C23H22N2O5. The summed E-state index contributed by atoms with van der Waals surface area (Å²) in [7, 11) is 0. The van der Waals surface area contributed by atoms with Crippen molar-refractivity contribution in [2.75, 3.05) is 6.79 Å². The van der Waals surface area contributed by atoms with Gasteiger partial charge in [0.25, 0.3) is 0 Å². The first kappa shape index (κ1) is 18.5. The molecule has 0 radical (unpaired) electrons. The zero-order valence-electron chi connectivity index (χ0n) is 16.4. The molecule has 7 heteroatoms. The average molecular weight is 406 g/mol. The van der Waals surface area contributed by atoms with Crippen LogP contribution in [0.5, 0.6) is 11.5 Å². The van der Waals surface area contributed by atoms with Crippen molar-refractivity contribution in [3.63, 3.8) is 0 Å². The van der Waals surface area contributed by atoms with Crippen molar-refractivity contribution in [3.8, 4) is 11.5 Å². The van der Waals surface area contributed by atoms with Crippen molar-refractivity contribution < 1.29 is 24.2 Å². The molecule has 1 aliphatic carbocycles. The molecule has 7 nitrogen and oxygen atoms in total. The number of carboxylic acids is 1. The van der Waals surface area contributed by atoms with E-state index in [-0.39, 0.29) is 25.2 Å². The number of nitrogens with one attached hydrogen (secondary N) is 1. The number of rotatable bonds is 5. The van der Waals surface area contributed by atoms with Crippen LogP contribution in [0, 0.1) is 5.92 Å². The van der Waals surface area contributed by atoms with Crippen molar-refractivity contribution in [2.24, 2.45) is 5.92 Å². The SMILES string of the molecule is O=C(O)Cn1c2c(c3ccccc31)CC(C(=O)NCc1ccc3c(c1)OCO3)CC2. The zero-order valence-corrected chi connectivity index (χ0v) is 16.4. The van der Waals surface area contributed by atoms with Gasteiger partial charge in [-0.05, 0) is 48.6 Å². The van der Waals surface area contributed by atoms with Crippen LogP contribution in [0.2, 0.25) is 0 Å². The van der Waals surface area contributed by atoms with Gasteiger partial charge in [-0.15, -0.1) is 0 Å². The summed E-state index contributed by atoms with van der Waals surface area (Å²) >= 11 is 0. The second-order valence-electron chi connectivity index (χ2n) is 7.77. The Morgan fingerprint density at radius 3 is 2.83 bits per heavy atom. The molecule has 30 heavy (non-hydrogen) atoms. The van der Waals surface area contributed by atoms with Crippen LogP contribution in [0.4, 0.5) is 0 Å². The fourth-order valence-corrected chi connectivity index (χ4v) is 4.53. The number of para-hydroxylation sites is 1. The number of hydrogen-bond acceptors (Lipinski definition) is 4. The second-order valence-corrected chi connectivity index (χ2v) is 7.77. The van der Waals surface area contributed by atoms with Crippen molar-refractivity contribution >= 4 is 22.8 Å². The van der Waals surface area contributed by atoms with Crippen molar-refractivity contribution in [2.45, 2.75) is 32.4 Å². The van der Waals surface area contributed by atoms with E-state index < -0.39 is 5.97 Å². The first-order chi connectivity index (χ1) is 14.6. The van der Waals surface area contributed by atoms with E-state index in [9.17, 15) is 14.7 Å². The van der Waals surface area contributed by atoms with Crippen LogP contribution in [0.15, 0.2) is 42.5 Å². The molecule has 0 fully saturated rings. The molecule has 1 aromatic heterocycles. The third kappa shape index (κ3) is 3.26. The van der Waals surface area contributed by atoms with E-state index in [1.807, 2.05) is 47.0 Å². The second kappa shape index (κ2) is 7.40. The summed E-state index contributed by atoms with van der Waals surface area (Å²) in [4.78, 5) is 24.2. The normalized spacial score (nSPS) is 17.0. The summed E-state index contributed by atoms with van der Waals surface area (Å²) in [5.41, 5.74) is 4.02. The molecule has 5 rings (SSSR count). The van der Waals surface area contributed by atoms with Gasteiger partial charge < -0.3 is 24.5 Å². The van der Waals surface area contributed by atoms with Crippen molar-refractivity contribution in [1.82, 2.24) is 9.88 Å². The van der Waals surface area contributed by atoms with Gasteiger partial charge in [0.15, 0.2) is 11.5 Å². The lowest BCUT2D eigenvalue weighted by atomic mass is 9.85. The van der Waals surface area contributed by atoms with Crippen LogP contribution in [-0.4, -0.2) is 28.3 Å². The molecule has 2 aliphatic rings. The Balaban J connectivity index is 1.33. The van der Waals surface area contributed by atoms with E-state index in [0.717, 1.165) is 33.5 Å². The minimum absolute atomic E-state index is 0.0217. The fraction of sp³-hybridized carbons (Fsp3) is 0.304. The van der Waals surface area contributed by atoms with E-state index >= 15 is 0 Å². The standard InChI is InChI=1S/C23H22N2O5/c26-22(27)12-25-18-4-2-1-3-16(18)17-10-15(6-7-19(17)25)23(28)24-11-14-5-8-20-21(9-14)30-13-29-20/h1-5,8-9,15H,6-7,10-13H2,(H,24,28)(H,26,27). The Kier molecular flexibility index (Phi) is 4.58. The Bertz CT molecular complexity index is 1150. The Hall–Kier alpha value is -3.48. The van der Waals surface area contributed by atoms with Gasteiger partial charge in [0.1, 0.15) is 6.54 Å². The maximum atomic E-state index is 12.9. The van der Waals surface area contributed by atoms with Crippen LogP contribution < -0.4 is 14.8 Å². The van der Waals surface area contributed by atoms with E-state index in [0.29, 0.717) is 31.6 Å². The first-order valence-electron chi connectivity index (χ1n) is 10.1. The number of benzene rings is 2. The summed E-state index contributed by atoms with van der Waals surface area (Å²) < 4.78 is 12.6. The van der Waals surface area contributed by atoms with Crippen LogP contribution in [0.1, 0.15) is 23.2 Å². The quantitative estimate of drug-likeness (QED) is 0.680. The smallest absolute Gasteiger partial charge is 0.323 e. The molecule has 0 bridgehead atoms. The molecule has 3 aromatic rings. The number of nitrogens with zero attached hydrogens (tertiary/aromatic N) is 1. The topological polar surface area (TPSA) is 89.8 Å². The molecule has 2 aromatic carbocycles. The number of carboxylic acid groups (broad SMARTS) is 1. The summed E-state index contributed by atoms with van der Waals surface area (Å²) in [6, 6.07) is 13.5. The number of ether oxygens (including phenoxy) is 2. The van der Waals surface area contributed by atoms with Gasteiger partial charge in [-0.2, -0.15) is 0 Å². The summed E-state index contributed by atoms with van der Waals surface area (Å²) in [6.45, 7) is 0.599. The highest BCUT2D eigenvalue weighted by atomic mass is 16.7. The third-order valence-corrected chi connectivity index (χ3v) is 5.94. The predicted octanol–water partition coefficient (Wildman–Crippen LogP) is 2.88. The third-order valence-electron chi connectivity index (χ3n) is 5.94. The summed E-state index contributed by atoms with van der Waals surface area (Å²) in [5, 5.41) is 13.4. The summed E-state index contributed by atoms with van der Waals surface area (Å²) in [6.07, 6.45) is 2.02. The molecule has 0 saturated carbocycles. The zero-order chi connectivity index (χ0) is 20.7. The van der Waals surface area contributed by atoms with Gasteiger partial charge in [-0.1, -0.05) is 24.3 Å². The van der Waals surface area contributed by atoms with Crippen LogP contribution in [0.25, 0.3) is 10.9 Å². The van der Waals surface area contributed by atoms with Crippen molar-refractivity contribution in [1.29, 1.82) is 0 Å². The number of amides is 1. The fourth-order valence-electron chi connectivity index (χ4n) is 4.53. The highest BCUT2D eigenvalue weighted by Gasteiger charge is 2.29. The van der Waals surface area contributed by atoms with Gasteiger partial charge in [0, 0.05) is 29.1 Å². The minimum Gasteiger partial charge on any atom is -0.480 e. The first-order valence-corrected chi connectivity index (χ1v) is 10.1. The lowest BCUT2D eigenvalue weighted by Gasteiger charge is -2.23. The van der Waals surface area contributed by atoms with E-state index in [1.165, 1.54) is 0 Å².